The van der Waals surface area contributed by atoms with Crippen LogP contribution in [-0.4, -0.2) is 27.7 Å². The average molecular weight is 239 g/mol. The summed E-state index contributed by atoms with van der Waals surface area (Å²) >= 11 is 0. The van der Waals surface area contributed by atoms with Crippen LogP contribution in [0.1, 0.15) is 20.3 Å². The number of rotatable bonds is 6. The first-order valence-electron chi connectivity index (χ1n) is 5.52. The van der Waals surface area contributed by atoms with Crippen molar-refractivity contribution < 1.29 is 10.0 Å². The molecule has 17 heavy (non-hydrogen) atoms. The fourth-order valence-electron chi connectivity index (χ4n) is 1.50. The van der Waals surface area contributed by atoms with Crippen molar-refractivity contribution in [3.05, 3.63) is 28.4 Å². The number of aromatic nitrogens is 1. The van der Waals surface area contributed by atoms with Crippen LogP contribution in [0.25, 0.3) is 0 Å². The lowest BCUT2D eigenvalue weighted by molar-refractivity contribution is -0.389. The van der Waals surface area contributed by atoms with Gasteiger partial charge in [0.05, 0.1) is 5.69 Å². The number of hydrogen-bond donors (Lipinski definition) is 2. The van der Waals surface area contributed by atoms with E-state index in [0.717, 1.165) is 5.69 Å². The van der Waals surface area contributed by atoms with Crippen molar-refractivity contribution in [2.45, 2.75) is 26.3 Å². The molecular weight excluding hydrogens is 222 g/mol. The lowest BCUT2D eigenvalue weighted by atomic mass is 10.0. The third-order valence-electron chi connectivity index (χ3n) is 2.53. The molecule has 0 radical (unpaired) electrons. The van der Waals surface area contributed by atoms with Crippen LogP contribution in [0.15, 0.2) is 18.3 Å². The standard InChI is InChI=1S/C11H17N3O3/c1-8(2)10(5-6-15)13-9-3-4-11(12-7-9)14(16)17/h3-4,7-8,10,13,15H,5-6H2,1-2H3. The predicted molar refractivity (Wildman–Crippen MR) is 64.8 cm³/mol. The minimum atomic E-state index is -0.530. The second kappa shape index (κ2) is 6.15. The van der Waals surface area contributed by atoms with Crippen molar-refractivity contribution in [2.75, 3.05) is 11.9 Å². The van der Waals surface area contributed by atoms with Crippen LogP contribution >= 0.6 is 0 Å². The number of nitrogens with one attached hydrogen (secondary N) is 1. The van der Waals surface area contributed by atoms with Gasteiger partial charge in [0.2, 0.25) is 0 Å². The van der Waals surface area contributed by atoms with Crippen LogP contribution in [0.3, 0.4) is 0 Å². The van der Waals surface area contributed by atoms with Gasteiger partial charge in [-0.15, -0.1) is 0 Å². The van der Waals surface area contributed by atoms with E-state index in [4.69, 9.17) is 5.11 Å². The largest absolute Gasteiger partial charge is 0.396 e. The molecule has 0 amide bonds. The summed E-state index contributed by atoms with van der Waals surface area (Å²) in [6.07, 6.45) is 2.07. The molecule has 0 saturated heterocycles. The molecule has 94 valence electrons. The van der Waals surface area contributed by atoms with E-state index >= 15 is 0 Å². The van der Waals surface area contributed by atoms with Gasteiger partial charge < -0.3 is 20.5 Å². The van der Waals surface area contributed by atoms with Gasteiger partial charge in [0.15, 0.2) is 6.20 Å². The van der Waals surface area contributed by atoms with E-state index in [-0.39, 0.29) is 18.5 Å². The molecule has 2 N–H and O–H groups in total. The molecule has 1 heterocycles. The molecular formula is C11H17N3O3. The van der Waals surface area contributed by atoms with E-state index in [9.17, 15) is 10.1 Å². The first-order chi connectivity index (χ1) is 8.04. The van der Waals surface area contributed by atoms with Crippen LogP contribution in [0.5, 0.6) is 0 Å². The van der Waals surface area contributed by atoms with Gasteiger partial charge in [-0.25, -0.2) is 0 Å². The molecule has 1 atom stereocenters. The van der Waals surface area contributed by atoms with Crippen molar-refractivity contribution >= 4 is 11.5 Å². The lowest BCUT2D eigenvalue weighted by Gasteiger charge is -2.21. The summed E-state index contributed by atoms with van der Waals surface area (Å²) in [4.78, 5) is 13.6. The Morgan fingerprint density at radius 3 is 2.65 bits per heavy atom. The Balaban J connectivity index is 2.69. The van der Waals surface area contributed by atoms with E-state index in [0.29, 0.717) is 12.3 Å². The third kappa shape index (κ3) is 3.99. The lowest BCUT2D eigenvalue weighted by Crippen LogP contribution is -2.26. The van der Waals surface area contributed by atoms with Crippen LogP contribution in [0, 0.1) is 16.0 Å². The van der Waals surface area contributed by atoms with E-state index in [2.05, 4.69) is 10.3 Å². The molecule has 1 rings (SSSR count). The molecule has 0 saturated carbocycles. The molecule has 1 unspecified atom stereocenters. The van der Waals surface area contributed by atoms with Gasteiger partial charge in [-0.1, -0.05) is 13.8 Å². The quantitative estimate of drug-likeness (QED) is 0.583. The number of pyridine rings is 1. The first-order valence-corrected chi connectivity index (χ1v) is 5.52. The number of aliphatic hydroxyl groups is 1. The molecule has 0 fully saturated rings. The van der Waals surface area contributed by atoms with Gasteiger partial charge in [-0.2, -0.15) is 0 Å². The zero-order chi connectivity index (χ0) is 12.8. The summed E-state index contributed by atoms with van der Waals surface area (Å²) in [5.74, 6) is 0.191. The number of nitrogens with zero attached hydrogens (tertiary/aromatic N) is 2. The number of anilines is 1. The van der Waals surface area contributed by atoms with E-state index in [1.807, 2.05) is 13.8 Å². The molecule has 0 spiro atoms. The topological polar surface area (TPSA) is 88.3 Å². The van der Waals surface area contributed by atoms with Crippen LogP contribution < -0.4 is 5.32 Å². The monoisotopic (exact) mass is 239 g/mol. The zero-order valence-corrected chi connectivity index (χ0v) is 9.96. The van der Waals surface area contributed by atoms with E-state index in [1.165, 1.54) is 12.3 Å². The average Bonchev–Trinajstić information content (AvgIpc) is 2.29. The Hall–Kier alpha value is -1.69. The SMILES string of the molecule is CC(C)C(CCO)Nc1ccc([N+](=O)[O-])nc1. The highest BCUT2D eigenvalue weighted by molar-refractivity contribution is 5.44. The molecule has 1 aromatic rings. The maximum atomic E-state index is 10.4. The van der Waals surface area contributed by atoms with Crippen LogP contribution in [0.2, 0.25) is 0 Å². The van der Waals surface area contributed by atoms with Crippen molar-refractivity contribution in [3.63, 3.8) is 0 Å². The fourth-order valence-corrected chi connectivity index (χ4v) is 1.50. The normalized spacial score (nSPS) is 12.5. The van der Waals surface area contributed by atoms with Gasteiger partial charge in [0.25, 0.3) is 0 Å². The van der Waals surface area contributed by atoms with Gasteiger partial charge in [0.1, 0.15) is 0 Å². The minimum absolute atomic E-state index is 0.107. The molecule has 0 aliphatic carbocycles. The summed E-state index contributed by atoms with van der Waals surface area (Å²) in [6, 6.07) is 3.11. The molecule has 1 aromatic heterocycles. The Kier molecular flexibility index (Phi) is 4.84. The number of aliphatic hydroxyl groups excluding tert-OH is 1. The summed E-state index contributed by atoms with van der Waals surface area (Å²) in [5, 5.41) is 22.6. The Labute approximate surface area is 99.8 Å². The summed E-state index contributed by atoms with van der Waals surface area (Å²) in [7, 11) is 0. The minimum Gasteiger partial charge on any atom is -0.396 e. The first kappa shape index (κ1) is 13.4. The molecule has 0 aromatic carbocycles. The van der Waals surface area contributed by atoms with Gasteiger partial charge >= 0.3 is 5.82 Å². The number of hydrogen-bond acceptors (Lipinski definition) is 5. The highest BCUT2D eigenvalue weighted by atomic mass is 16.6. The molecule has 6 nitrogen and oxygen atoms in total. The van der Waals surface area contributed by atoms with Crippen molar-refractivity contribution in [1.29, 1.82) is 0 Å². The Bertz CT molecular complexity index is 365. The van der Waals surface area contributed by atoms with Crippen LogP contribution in [-0.2, 0) is 0 Å². The zero-order valence-electron chi connectivity index (χ0n) is 9.96. The maximum Gasteiger partial charge on any atom is 0.363 e. The second-order valence-corrected chi connectivity index (χ2v) is 4.17. The maximum absolute atomic E-state index is 10.4. The smallest absolute Gasteiger partial charge is 0.363 e. The predicted octanol–water partition coefficient (Wildman–Crippen LogP) is 1.81. The summed E-state index contributed by atoms with van der Waals surface area (Å²) in [5.41, 5.74) is 0.725. The Morgan fingerprint density at radius 1 is 1.53 bits per heavy atom. The van der Waals surface area contributed by atoms with Crippen molar-refractivity contribution in [3.8, 4) is 0 Å². The van der Waals surface area contributed by atoms with Crippen molar-refractivity contribution in [1.82, 2.24) is 4.98 Å². The molecule has 0 bridgehead atoms. The van der Waals surface area contributed by atoms with E-state index < -0.39 is 4.92 Å². The summed E-state index contributed by atoms with van der Waals surface area (Å²) < 4.78 is 0. The number of nitro groups is 1. The third-order valence-corrected chi connectivity index (χ3v) is 2.53. The Morgan fingerprint density at radius 2 is 2.24 bits per heavy atom. The van der Waals surface area contributed by atoms with Gasteiger partial charge in [-0.05, 0) is 28.3 Å². The van der Waals surface area contributed by atoms with Gasteiger partial charge in [0, 0.05) is 18.7 Å². The second-order valence-electron chi connectivity index (χ2n) is 4.17. The van der Waals surface area contributed by atoms with E-state index in [1.54, 1.807) is 6.07 Å². The highest BCUT2D eigenvalue weighted by Crippen LogP contribution is 2.16. The fraction of sp³-hybridized carbons (Fsp3) is 0.545. The molecule has 0 aliphatic heterocycles. The van der Waals surface area contributed by atoms with Crippen molar-refractivity contribution in [2.24, 2.45) is 5.92 Å². The van der Waals surface area contributed by atoms with Gasteiger partial charge in [-0.3, -0.25) is 0 Å². The summed E-state index contributed by atoms with van der Waals surface area (Å²) in [6.45, 7) is 4.20. The molecule has 6 heteroatoms. The van der Waals surface area contributed by atoms with Crippen LogP contribution in [0.4, 0.5) is 11.5 Å². The highest BCUT2D eigenvalue weighted by Gasteiger charge is 2.14. The molecule has 0 aliphatic rings.